The van der Waals surface area contributed by atoms with Crippen LogP contribution in [0.25, 0.3) is 10.9 Å². The maximum absolute atomic E-state index is 5.95. The molecule has 0 saturated heterocycles. The lowest BCUT2D eigenvalue weighted by molar-refractivity contribution is 0.493. The number of nitrogen functional groups attached to an aromatic ring is 1. The molecular weight excluding hydrogens is 186 g/mol. The van der Waals surface area contributed by atoms with Crippen molar-refractivity contribution in [3.05, 3.63) is 23.9 Å². The summed E-state index contributed by atoms with van der Waals surface area (Å²) in [6.45, 7) is 7.33. The first-order valence-corrected chi connectivity index (χ1v) is 5.31. The van der Waals surface area contributed by atoms with Gasteiger partial charge in [0.15, 0.2) is 0 Å². The van der Waals surface area contributed by atoms with Crippen molar-refractivity contribution in [1.29, 1.82) is 0 Å². The van der Waals surface area contributed by atoms with Crippen LogP contribution in [0.15, 0.2) is 18.2 Å². The smallest absolute Gasteiger partial charge is 0.0706 e. The summed E-state index contributed by atoms with van der Waals surface area (Å²) in [5.74, 6) is 0.592. The molecule has 80 valence electrons. The summed E-state index contributed by atoms with van der Waals surface area (Å²) in [6.07, 6.45) is 0. The van der Waals surface area contributed by atoms with Gasteiger partial charge in [0.2, 0.25) is 0 Å². The summed E-state index contributed by atoms with van der Waals surface area (Å²) in [5.41, 5.74) is 8.92. The highest BCUT2D eigenvalue weighted by molar-refractivity contribution is 5.92. The number of nitrogens with zero attached hydrogens (tertiary/aromatic N) is 2. The van der Waals surface area contributed by atoms with E-state index >= 15 is 0 Å². The average molecular weight is 203 g/mol. The van der Waals surface area contributed by atoms with Crippen molar-refractivity contribution in [1.82, 2.24) is 9.78 Å². The Morgan fingerprint density at radius 2 is 2.13 bits per heavy atom. The van der Waals surface area contributed by atoms with Gasteiger partial charge in [0.25, 0.3) is 0 Å². The normalized spacial score (nSPS) is 11.5. The molecule has 0 amide bonds. The minimum absolute atomic E-state index is 0.592. The molecule has 3 nitrogen and oxygen atoms in total. The number of hydrogen-bond acceptors (Lipinski definition) is 2. The molecule has 2 aromatic rings. The first-order valence-electron chi connectivity index (χ1n) is 5.31. The number of hydrogen-bond donors (Lipinski definition) is 1. The molecule has 1 heterocycles. The van der Waals surface area contributed by atoms with Gasteiger partial charge >= 0.3 is 0 Å². The van der Waals surface area contributed by atoms with Crippen LogP contribution in [0, 0.1) is 12.8 Å². The van der Waals surface area contributed by atoms with E-state index in [1.54, 1.807) is 0 Å². The lowest BCUT2D eigenvalue weighted by atomic mass is 10.2. The van der Waals surface area contributed by atoms with Gasteiger partial charge in [0.05, 0.1) is 11.2 Å². The predicted octanol–water partition coefficient (Wildman–Crippen LogP) is 2.58. The fourth-order valence-corrected chi connectivity index (χ4v) is 1.94. The highest BCUT2D eigenvalue weighted by Crippen LogP contribution is 2.24. The Morgan fingerprint density at radius 1 is 1.40 bits per heavy atom. The van der Waals surface area contributed by atoms with E-state index in [-0.39, 0.29) is 0 Å². The molecule has 2 N–H and O–H groups in total. The van der Waals surface area contributed by atoms with Gasteiger partial charge in [-0.15, -0.1) is 0 Å². The van der Waals surface area contributed by atoms with Crippen molar-refractivity contribution in [3.8, 4) is 0 Å². The predicted molar refractivity (Wildman–Crippen MR) is 63.7 cm³/mol. The maximum Gasteiger partial charge on any atom is 0.0706 e. The van der Waals surface area contributed by atoms with E-state index < -0.39 is 0 Å². The largest absolute Gasteiger partial charge is 0.398 e. The van der Waals surface area contributed by atoms with Gasteiger partial charge in [0.1, 0.15) is 0 Å². The van der Waals surface area contributed by atoms with Crippen molar-refractivity contribution < 1.29 is 0 Å². The summed E-state index contributed by atoms with van der Waals surface area (Å²) < 4.78 is 2.05. The van der Waals surface area contributed by atoms with E-state index in [1.165, 1.54) is 0 Å². The molecule has 1 aromatic carbocycles. The van der Waals surface area contributed by atoms with E-state index in [2.05, 4.69) is 25.0 Å². The maximum atomic E-state index is 5.95. The third-order valence-corrected chi connectivity index (χ3v) is 2.52. The van der Waals surface area contributed by atoms with Crippen molar-refractivity contribution in [2.24, 2.45) is 5.92 Å². The first-order chi connectivity index (χ1) is 7.09. The molecule has 0 fully saturated rings. The van der Waals surface area contributed by atoms with Crippen molar-refractivity contribution >= 4 is 16.6 Å². The van der Waals surface area contributed by atoms with Gasteiger partial charge in [-0.05, 0) is 25.0 Å². The monoisotopic (exact) mass is 203 g/mol. The van der Waals surface area contributed by atoms with Crippen LogP contribution in [0.3, 0.4) is 0 Å². The summed E-state index contributed by atoms with van der Waals surface area (Å²) in [4.78, 5) is 0. The summed E-state index contributed by atoms with van der Waals surface area (Å²) in [7, 11) is 0. The highest BCUT2D eigenvalue weighted by atomic mass is 15.3. The molecule has 0 saturated carbocycles. The quantitative estimate of drug-likeness (QED) is 0.762. The van der Waals surface area contributed by atoms with E-state index in [1.807, 2.05) is 23.7 Å². The van der Waals surface area contributed by atoms with Crippen LogP contribution in [0.5, 0.6) is 0 Å². The summed E-state index contributed by atoms with van der Waals surface area (Å²) in [6, 6.07) is 5.99. The second-order valence-electron chi connectivity index (χ2n) is 4.40. The minimum atomic E-state index is 0.592. The van der Waals surface area contributed by atoms with Crippen LogP contribution >= 0.6 is 0 Å². The number of nitrogens with two attached hydrogens (primary N) is 1. The molecule has 0 bridgehead atoms. The Hall–Kier alpha value is -1.51. The minimum Gasteiger partial charge on any atom is -0.398 e. The Balaban J connectivity index is 2.63. The van der Waals surface area contributed by atoms with E-state index in [9.17, 15) is 0 Å². The topological polar surface area (TPSA) is 43.8 Å². The second kappa shape index (κ2) is 3.57. The Morgan fingerprint density at radius 3 is 2.80 bits per heavy atom. The molecule has 15 heavy (non-hydrogen) atoms. The van der Waals surface area contributed by atoms with Gasteiger partial charge in [-0.3, -0.25) is 4.68 Å². The number of aryl methyl sites for hydroxylation is 1. The van der Waals surface area contributed by atoms with Crippen LogP contribution in [0.2, 0.25) is 0 Å². The zero-order chi connectivity index (χ0) is 11.0. The molecule has 0 unspecified atom stereocenters. The van der Waals surface area contributed by atoms with E-state index in [4.69, 9.17) is 5.73 Å². The number of aromatic nitrogens is 2. The molecule has 0 atom stereocenters. The van der Waals surface area contributed by atoms with Crippen molar-refractivity contribution in [3.63, 3.8) is 0 Å². The molecule has 0 aliphatic carbocycles. The SMILES string of the molecule is Cc1nn(CC(C)C)c2cccc(N)c12. The third kappa shape index (κ3) is 1.69. The zero-order valence-electron chi connectivity index (χ0n) is 9.49. The highest BCUT2D eigenvalue weighted by Gasteiger charge is 2.09. The van der Waals surface area contributed by atoms with Crippen LogP contribution in [-0.2, 0) is 6.54 Å². The molecule has 2 rings (SSSR count). The Kier molecular flexibility index (Phi) is 2.39. The van der Waals surface area contributed by atoms with Crippen molar-refractivity contribution in [2.45, 2.75) is 27.3 Å². The number of benzene rings is 1. The van der Waals surface area contributed by atoms with Crippen LogP contribution in [-0.4, -0.2) is 9.78 Å². The molecule has 0 spiro atoms. The fourth-order valence-electron chi connectivity index (χ4n) is 1.94. The number of fused-ring (bicyclic) bond motifs is 1. The van der Waals surface area contributed by atoms with Crippen LogP contribution in [0.4, 0.5) is 5.69 Å². The van der Waals surface area contributed by atoms with Gasteiger partial charge in [-0.2, -0.15) is 5.10 Å². The lowest BCUT2D eigenvalue weighted by Crippen LogP contribution is -2.05. The van der Waals surface area contributed by atoms with Gasteiger partial charge in [-0.1, -0.05) is 19.9 Å². The fraction of sp³-hybridized carbons (Fsp3) is 0.417. The Bertz CT molecular complexity index is 483. The zero-order valence-corrected chi connectivity index (χ0v) is 9.49. The molecular formula is C12H17N3. The van der Waals surface area contributed by atoms with Crippen molar-refractivity contribution in [2.75, 3.05) is 5.73 Å². The van der Waals surface area contributed by atoms with E-state index in [0.29, 0.717) is 5.92 Å². The molecule has 0 aliphatic rings. The number of rotatable bonds is 2. The van der Waals surface area contributed by atoms with Gasteiger partial charge in [0, 0.05) is 17.6 Å². The van der Waals surface area contributed by atoms with Crippen LogP contribution < -0.4 is 5.73 Å². The third-order valence-electron chi connectivity index (χ3n) is 2.52. The first kappa shape index (κ1) is 10.0. The van der Waals surface area contributed by atoms with Gasteiger partial charge in [-0.25, -0.2) is 0 Å². The lowest BCUT2D eigenvalue weighted by Gasteiger charge is -2.06. The standard InChI is InChI=1S/C12H17N3/c1-8(2)7-15-11-6-4-5-10(13)12(11)9(3)14-15/h4-6,8H,7,13H2,1-3H3. The molecule has 1 aromatic heterocycles. The van der Waals surface area contributed by atoms with Crippen LogP contribution in [0.1, 0.15) is 19.5 Å². The molecule has 3 heteroatoms. The average Bonchev–Trinajstić information content (AvgIpc) is 2.44. The summed E-state index contributed by atoms with van der Waals surface area (Å²) >= 11 is 0. The molecule has 0 radical (unpaired) electrons. The van der Waals surface area contributed by atoms with E-state index in [0.717, 1.165) is 28.8 Å². The summed E-state index contributed by atoms with van der Waals surface area (Å²) in [5, 5.41) is 5.62. The second-order valence-corrected chi connectivity index (χ2v) is 4.40. The molecule has 0 aliphatic heterocycles. The Labute approximate surface area is 89.9 Å². The van der Waals surface area contributed by atoms with Gasteiger partial charge < -0.3 is 5.73 Å². The number of anilines is 1.